The van der Waals surface area contributed by atoms with Gasteiger partial charge in [0.25, 0.3) is 5.91 Å². The molecule has 1 rings (SSSR count). The Morgan fingerprint density at radius 3 is 2.54 bits per heavy atom. The van der Waals surface area contributed by atoms with E-state index in [1.807, 2.05) is 12.3 Å². The van der Waals surface area contributed by atoms with E-state index in [2.05, 4.69) is 5.32 Å². The quantitative estimate of drug-likeness (QED) is 0.783. The van der Waals surface area contributed by atoms with Crippen LogP contribution in [0.2, 0.25) is 0 Å². The monoisotopic (exact) mass is 201 g/mol. The number of hydrogen-bond donors (Lipinski definition) is 1. The lowest BCUT2D eigenvalue weighted by atomic mass is 10.1. The minimum Gasteiger partial charge on any atom is -0.322 e. The number of hydrogen-bond acceptors (Lipinski definition) is 2. The van der Waals surface area contributed by atoms with E-state index in [1.165, 1.54) is 25.2 Å². The van der Waals surface area contributed by atoms with Gasteiger partial charge in [-0.2, -0.15) is 0 Å². The molecule has 0 saturated heterocycles. The molecule has 1 N–H and O–H groups in total. The first-order valence-electron chi connectivity index (χ1n) is 3.94. The first-order valence-corrected chi connectivity index (χ1v) is 4.88. The molecule has 0 fully saturated rings. The third kappa shape index (κ3) is 2.52. The normalized spacial score (nSPS) is 11.4. The van der Waals surface area contributed by atoms with E-state index >= 15 is 0 Å². The molecule has 0 aliphatic carbocycles. The van der Waals surface area contributed by atoms with Crippen LogP contribution >= 0.6 is 11.3 Å². The van der Waals surface area contributed by atoms with Gasteiger partial charge in [-0.05, 0) is 31.7 Å². The van der Waals surface area contributed by atoms with E-state index in [0.717, 1.165) is 5.56 Å². The molecule has 0 unspecified atom stereocenters. The third-order valence-electron chi connectivity index (χ3n) is 1.64. The van der Waals surface area contributed by atoms with Crippen molar-refractivity contribution in [2.45, 2.75) is 26.4 Å². The van der Waals surface area contributed by atoms with Crippen LogP contribution in [-0.4, -0.2) is 11.6 Å². The number of thiophene rings is 1. The standard InChI is InChI=1S/C9H12FNOS/c1-6-4-13-5-7(6)11-8(12)9(2,3)10/h4-5H,1-3H3,(H,11,12). The molecule has 0 bridgehead atoms. The highest BCUT2D eigenvalue weighted by Gasteiger charge is 2.26. The summed E-state index contributed by atoms with van der Waals surface area (Å²) in [5, 5.41) is 6.22. The second-order valence-corrected chi connectivity index (χ2v) is 4.14. The van der Waals surface area contributed by atoms with Crippen LogP contribution in [-0.2, 0) is 4.79 Å². The van der Waals surface area contributed by atoms with E-state index in [1.54, 1.807) is 5.38 Å². The predicted molar refractivity (Wildman–Crippen MR) is 52.9 cm³/mol. The number of nitrogens with one attached hydrogen (secondary N) is 1. The Morgan fingerprint density at radius 1 is 1.54 bits per heavy atom. The van der Waals surface area contributed by atoms with Crippen molar-refractivity contribution in [3.63, 3.8) is 0 Å². The molecule has 0 atom stereocenters. The average Bonchev–Trinajstić information content (AvgIpc) is 2.34. The summed E-state index contributed by atoms with van der Waals surface area (Å²) in [4.78, 5) is 11.2. The topological polar surface area (TPSA) is 29.1 Å². The maximum absolute atomic E-state index is 13.1. The van der Waals surface area contributed by atoms with Crippen LogP contribution < -0.4 is 5.32 Å². The molecule has 0 spiro atoms. The highest BCUT2D eigenvalue weighted by Crippen LogP contribution is 2.21. The first kappa shape index (κ1) is 10.2. The fraction of sp³-hybridized carbons (Fsp3) is 0.444. The van der Waals surface area contributed by atoms with Crippen molar-refractivity contribution in [2.24, 2.45) is 0 Å². The number of carbonyl (C=O) groups is 1. The zero-order valence-electron chi connectivity index (χ0n) is 7.85. The lowest BCUT2D eigenvalue weighted by Gasteiger charge is -2.13. The highest BCUT2D eigenvalue weighted by molar-refractivity contribution is 7.08. The largest absolute Gasteiger partial charge is 0.322 e. The average molecular weight is 201 g/mol. The lowest BCUT2D eigenvalue weighted by molar-refractivity contribution is -0.125. The van der Waals surface area contributed by atoms with Crippen molar-refractivity contribution in [1.82, 2.24) is 0 Å². The predicted octanol–water partition coefficient (Wildman–Crippen LogP) is 2.74. The van der Waals surface area contributed by atoms with Gasteiger partial charge in [-0.25, -0.2) is 4.39 Å². The molecule has 0 saturated carbocycles. The van der Waals surface area contributed by atoms with Crippen molar-refractivity contribution in [1.29, 1.82) is 0 Å². The molecule has 1 aromatic rings. The third-order valence-corrected chi connectivity index (χ3v) is 2.51. The first-order chi connectivity index (χ1) is 5.91. The molecule has 13 heavy (non-hydrogen) atoms. The van der Waals surface area contributed by atoms with Crippen molar-refractivity contribution in [2.75, 3.05) is 5.32 Å². The highest BCUT2D eigenvalue weighted by atomic mass is 32.1. The van der Waals surface area contributed by atoms with Crippen LogP contribution in [0.1, 0.15) is 19.4 Å². The molecule has 1 aromatic heterocycles. The van der Waals surface area contributed by atoms with Gasteiger partial charge in [0.15, 0.2) is 5.67 Å². The van der Waals surface area contributed by atoms with Gasteiger partial charge in [-0.15, -0.1) is 11.3 Å². The Morgan fingerprint density at radius 2 is 2.15 bits per heavy atom. The summed E-state index contributed by atoms with van der Waals surface area (Å²) in [6.45, 7) is 4.35. The molecule has 1 heterocycles. The van der Waals surface area contributed by atoms with Gasteiger partial charge in [-0.3, -0.25) is 4.79 Å². The van der Waals surface area contributed by atoms with Crippen molar-refractivity contribution in [3.8, 4) is 0 Å². The number of halogens is 1. The molecule has 0 aliphatic rings. The summed E-state index contributed by atoms with van der Waals surface area (Å²) in [5.74, 6) is -0.603. The molecule has 0 aromatic carbocycles. The number of alkyl halides is 1. The van der Waals surface area contributed by atoms with Gasteiger partial charge in [0.05, 0.1) is 5.69 Å². The Bertz CT molecular complexity index is 314. The molecule has 2 nitrogen and oxygen atoms in total. The zero-order valence-corrected chi connectivity index (χ0v) is 8.67. The Balaban J connectivity index is 2.71. The van der Waals surface area contributed by atoms with Crippen LogP contribution in [0.3, 0.4) is 0 Å². The lowest BCUT2D eigenvalue weighted by Crippen LogP contribution is -2.32. The molecule has 0 aliphatic heterocycles. The zero-order chi connectivity index (χ0) is 10.1. The minimum absolute atomic E-state index is 0.603. The second kappa shape index (κ2) is 3.46. The van der Waals surface area contributed by atoms with E-state index in [9.17, 15) is 9.18 Å². The summed E-state index contributed by atoms with van der Waals surface area (Å²) < 4.78 is 13.1. The van der Waals surface area contributed by atoms with Gasteiger partial charge in [-0.1, -0.05) is 0 Å². The van der Waals surface area contributed by atoms with Crippen LogP contribution in [0.5, 0.6) is 0 Å². The minimum atomic E-state index is -1.83. The molecule has 0 radical (unpaired) electrons. The number of amides is 1. The summed E-state index contributed by atoms with van der Waals surface area (Å²) in [7, 11) is 0. The van der Waals surface area contributed by atoms with E-state index < -0.39 is 11.6 Å². The maximum Gasteiger partial charge on any atom is 0.261 e. The summed E-state index contributed by atoms with van der Waals surface area (Å²) in [6, 6.07) is 0. The van der Waals surface area contributed by atoms with Crippen LogP contribution in [0.4, 0.5) is 10.1 Å². The van der Waals surface area contributed by atoms with E-state index in [0.29, 0.717) is 5.69 Å². The fourth-order valence-corrected chi connectivity index (χ4v) is 1.54. The summed E-state index contributed by atoms with van der Waals surface area (Å²) in [6.07, 6.45) is 0. The number of anilines is 1. The second-order valence-electron chi connectivity index (χ2n) is 3.40. The molecular weight excluding hydrogens is 189 g/mol. The molecule has 72 valence electrons. The van der Waals surface area contributed by atoms with Crippen molar-refractivity contribution < 1.29 is 9.18 Å². The molecule has 4 heteroatoms. The van der Waals surface area contributed by atoms with Crippen LogP contribution in [0.15, 0.2) is 10.8 Å². The van der Waals surface area contributed by atoms with Gasteiger partial charge < -0.3 is 5.32 Å². The number of aryl methyl sites for hydroxylation is 1. The Labute approximate surface area is 80.8 Å². The van der Waals surface area contributed by atoms with E-state index in [-0.39, 0.29) is 0 Å². The van der Waals surface area contributed by atoms with Crippen LogP contribution in [0.25, 0.3) is 0 Å². The molecular formula is C9H12FNOS. The van der Waals surface area contributed by atoms with Gasteiger partial charge in [0.2, 0.25) is 0 Å². The van der Waals surface area contributed by atoms with Crippen LogP contribution in [0, 0.1) is 6.92 Å². The van der Waals surface area contributed by atoms with Crippen molar-refractivity contribution in [3.05, 3.63) is 16.3 Å². The summed E-state index contributed by atoms with van der Waals surface area (Å²) in [5.41, 5.74) is -0.169. The smallest absolute Gasteiger partial charge is 0.261 e. The van der Waals surface area contributed by atoms with Gasteiger partial charge >= 0.3 is 0 Å². The summed E-state index contributed by atoms with van der Waals surface area (Å²) >= 11 is 1.48. The van der Waals surface area contributed by atoms with Gasteiger partial charge in [0, 0.05) is 5.38 Å². The van der Waals surface area contributed by atoms with Crippen molar-refractivity contribution >= 4 is 22.9 Å². The Hall–Kier alpha value is -0.900. The maximum atomic E-state index is 13.1. The Kier molecular flexibility index (Phi) is 2.71. The van der Waals surface area contributed by atoms with Gasteiger partial charge in [0.1, 0.15) is 0 Å². The number of rotatable bonds is 2. The fourth-order valence-electron chi connectivity index (χ4n) is 0.760. The SMILES string of the molecule is Cc1cscc1NC(=O)C(C)(C)F. The molecule has 1 amide bonds. The van der Waals surface area contributed by atoms with E-state index in [4.69, 9.17) is 0 Å². The number of carbonyl (C=O) groups excluding carboxylic acids is 1.